The number of benzene rings is 2. The van der Waals surface area contributed by atoms with Gasteiger partial charge >= 0.3 is 0 Å². The van der Waals surface area contributed by atoms with Crippen LogP contribution >= 0.6 is 11.8 Å². The number of carbonyl (C=O) groups is 1. The zero-order valence-electron chi connectivity index (χ0n) is 18.6. The van der Waals surface area contributed by atoms with Crippen LogP contribution in [0, 0.1) is 5.82 Å². The van der Waals surface area contributed by atoms with Crippen LogP contribution in [-0.2, 0) is 16.6 Å². The molecule has 2 aromatic carbocycles. The topological polar surface area (TPSA) is 85.8 Å². The molecule has 7 nitrogen and oxygen atoms in total. The fourth-order valence-electron chi connectivity index (χ4n) is 3.13. The second-order valence-corrected chi connectivity index (χ2v) is 9.48. The highest BCUT2D eigenvalue weighted by Gasteiger charge is 2.20. The summed E-state index contributed by atoms with van der Waals surface area (Å²) in [5.41, 5.74) is 2.37. The molecule has 33 heavy (non-hydrogen) atoms. The Balaban J connectivity index is 1.51. The summed E-state index contributed by atoms with van der Waals surface area (Å²) in [5, 5.41) is 15.9. The first-order chi connectivity index (χ1) is 15.8. The van der Waals surface area contributed by atoms with Gasteiger partial charge in [-0.25, -0.2) is 4.39 Å². The minimum Gasteiger partial charge on any atom is -0.338 e. The number of hydrogen-bond donors (Lipinski definition) is 1. The average Bonchev–Trinajstić information content (AvgIpc) is 3.41. The van der Waals surface area contributed by atoms with Crippen molar-refractivity contribution in [3.05, 3.63) is 83.6 Å². The van der Waals surface area contributed by atoms with Crippen molar-refractivity contribution < 1.29 is 13.7 Å². The van der Waals surface area contributed by atoms with Crippen LogP contribution in [0.5, 0.6) is 0 Å². The molecule has 4 aromatic rings. The zero-order valence-corrected chi connectivity index (χ0v) is 19.4. The quantitative estimate of drug-likeness (QED) is 0.386. The molecule has 9 heteroatoms. The van der Waals surface area contributed by atoms with Gasteiger partial charge in [0.05, 0.1) is 11.4 Å². The van der Waals surface area contributed by atoms with Gasteiger partial charge in [0.1, 0.15) is 11.6 Å². The van der Waals surface area contributed by atoms with Crippen molar-refractivity contribution in [2.24, 2.45) is 0 Å². The third kappa shape index (κ3) is 5.67. The average molecular weight is 466 g/mol. The second kappa shape index (κ2) is 9.58. The number of halogens is 1. The van der Waals surface area contributed by atoms with Crippen molar-refractivity contribution in [3.8, 4) is 5.69 Å². The lowest BCUT2D eigenvalue weighted by molar-refractivity contribution is -0.113. The van der Waals surface area contributed by atoms with Crippen LogP contribution in [-0.4, -0.2) is 31.6 Å². The lowest BCUT2D eigenvalue weighted by atomic mass is 9.92. The van der Waals surface area contributed by atoms with Crippen LogP contribution in [0.25, 0.3) is 5.69 Å². The number of nitrogens with one attached hydrogen (secondary N) is 1. The van der Waals surface area contributed by atoms with Gasteiger partial charge in [-0.2, -0.15) is 0 Å². The molecule has 0 bridgehead atoms. The molecular formula is C24H24FN5O2S. The molecule has 1 amide bonds. The molecule has 0 saturated heterocycles. The van der Waals surface area contributed by atoms with Gasteiger partial charge in [0.2, 0.25) is 11.8 Å². The Hall–Kier alpha value is -3.46. The van der Waals surface area contributed by atoms with Crippen LogP contribution in [0.4, 0.5) is 10.3 Å². The number of nitrogens with zero attached hydrogens (tertiary/aromatic N) is 4. The number of rotatable bonds is 7. The van der Waals surface area contributed by atoms with E-state index in [-0.39, 0.29) is 22.9 Å². The Morgan fingerprint density at radius 3 is 2.48 bits per heavy atom. The summed E-state index contributed by atoms with van der Waals surface area (Å²) in [7, 11) is 0. The molecule has 0 spiro atoms. The highest BCUT2D eigenvalue weighted by Crippen LogP contribution is 2.26. The van der Waals surface area contributed by atoms with E-state index >= 15 is 0 Å². The van der Waals surface area contributed by atoms with Gasteiger partial charge in [0, 0.05) is 23.6 Å². The van der Waals surface area contributed by atoms with Gasteiger partial charge < -0.3 is 4.52 Å². The largest absolute Gasteiger partial charge is 0.338 e. The molecule has 1 N–H and O–H groups in total. The number of hydrogen-bond acceptors (Lipinski definition) is 6. The molecule has 2 heterocycles. The summed E-state index contributed by atoms with van der Waals surface area (Å²) in [6.07, 6.45) is 0.547. The van der Waals surface area contributed by atoms with Gasteiger partial charge in [-0.1, -0.05) is 68.0 Å². The van der Waals surface area contributed by atoms with Crippen molar-refractivity contribution in [2.75, 3.05) is 11.1 Å². The molecule has 0 unspecified atom stereocenters. The van der Waals surface area contributed by atoms with Crippen LogP contribution in [0.15, 0.2) is 70.3 Å². The number of thioether (sulfide) groups is 1. The normalized spacial score (nSPS) is 11.5. The second-order valence-electron chi connectivity index (χ2n) is 8.54. The SMILES string of the molecule is CC(C)(C)c1cc(NC(=O)CSc2nnc(Cc3ccccc3)n2-c2ccc(F)cc2)on1. The first-order valence-corrected chi connectivity index (χ1v) is 11.4. The minimum atomic E-state index is -0.327. The maximum Gasteiger partial charge on any atom is 0.237 e. The summed E-state index contributed by atoms with van der Waals surface area (Å²) in [6, 6.07) is 17.7. The molecule has 4 rings (SSSR count). The summed E-state index contributed by atoms with van der Waals surface area (Å²) < 4.78 is 20.6. The Morgan fingerprint density at radius 2 is 1.82 bits per heavy atom. The Kier molecular flexibility index (Phi) is 6.60. The molecule has 0 saturated carbocycles. The van der Waals surface area contributed by atoms with E-state index in [1.54, 1.807) is 18.2 Å². The van der Waals surface area contributed by atoms with Crippen LogP contribution in [0.3, 0.4) is 0 Å². The van der Waals surface area contributed by atoms with E-state index in [0.29, 0.717) is 23.3 Å². The molecule has 0 radical (unpaired) electrons. The molecule has 0 aliphatic heterocycles. The van der Waals surface area contributed by atoms with E-state index < -0.39 is 0 Å². The van der Waals surface area contributed by atoms with E-state index in [1.165, 1.54) is 23.9 Å². The number of carbonyl (C=O) groups excluding carboxylic acids is 1. The molecular weight excluding hydrogens is 441 g/mol. The Bertz CT molecular complexity index is 1230. The third-order valence-corrected chi connectivity index (χ3v) is 5.79. The summed E-state index contributed by atoms with van der Waals surface area (Å²) >= 11 is 1.24. The summed E-state index contributed by atoms with van der Waals surface area (Å²) in [5.74, 6) is 0.508. The predicted molar refractivity (Wildman–Crippen MR) is 125 cm³/mol. The lowest BCUT2D eigenvalue weighted by Gasteiger charge is -2.12. The van der Waals surface area contributed by atoms with E-state index in [0.717, 1.165) is 16.9 Å². The molecule has 0 aliphatic carbocycles. The minimum absolute atomic E-state index is 0.0935. The van der Waals surface area contributed by atoms with E-state index in [2.05, 4.69) is 20.7 Å². The monoisotopic (exact) mass is 465 g/mol. The maximum atomic E-state index is 13.5. The predicted octanol–water partition coefficient (Wildman–Crippen LogP) is 5.01. The van der Waals surface area contributed by atoms with Crippen LogP contribution < -0.4 is 5.32 Å². The first-order valence-electron chi connectivity index (χ1n) is 10.4. The van der Waals surface area contributed by atoms with Gasteiger partial charge in [0.15, 0.2) is 5.16 Å². The fourth-order valence-corrected chi connectivity index (χ4v) is 3.90. The highest BCUT2D eigenvalue weighted by atomic mass is 32.2. The Labute approximate surface area is 195 Å². The van der Waals surface area contributed by atoms with Crippen LogP contribution in [0.1, 0.15) is 37.9 Å². The summed E-state index contributed by atoms with van der Waals surface area (Å²) in [4.78, 5) is 12.5. The van der Waals surface area contributed by atoms with Crippen molar-refractivity contribution >= 4 is 23.6 Å². The number of anilines is 1. The fraction of sp³-hybridized carbons (Fsp3) is 0.250. The molecule has 0 atom stereocenters. The molecule has 0 aliphatic rings. The van der Waals surface area contributed by atoms with Gasteiger partial charge in [0.25, 0.3) is 0 Å². The smallest absolute Gasteiger partial charge is 0.237 e. The van der Waals surface area contributed by atoms with E-state index in [9.17, 15) is 9.18 Å². The first kappa shape index (κ1) is 22.7. The van der Waals surface area contributed by atoms with Crippen molar-refractivity contribution in [2.45, 2.75) is 37.8 Å². The van der Waals surface area contributed by atoms with Crippen molar-refractivity contribution in [1.29, 1.82) is 0 Å². The number of aromatic nitrogens is 4. The standard InChI is InChI=1S/C24H24FN5O2S/c1-24(2,3)19-14-22(32-29-19)26-21(31)15-33-23-28-27-20(13-16-7-5-4-6-8-16)30(23)18-11-9-17(25)10-12-18/h4-12,14H,13,15H2,1-3H3,(H,26,31). The van der Waals surface area contributed by atoms with Gasteiger partial charge in [-0.05, 0) is 29.8 Å². The molecule has 170 valence electrons. The highest BCUT2D eigenvalue weighted by molar-refractivity contribution is 7.99. The van der Waals surface area contributed by atoms with Gasteiger partial charge in [-0.3, -0.25) is 14.7 Å². The maximum absolute atomic E-state index is 13.5. The van der Waals surface area contributed by atoms with Gasteiger partial charge in [-0.15, -0.1) is 10.2 Å². The van der Waals surface area contributed by atoms with E-state index in [1.807, 2.05) is 55.7 Å². The van der Waals surface area contributed by atoms with Crippen molar-refractivity contribution in [3.63, 3.8) is 0 Å². The lowest BCUT2D eigenvalue weighted by Crippen LogP contribution is -2.14. The Morgan fingerprint density at radius 1 is 1.09 bits per heavy atom. The molecule has 0 fully saturated rings. The third-order valence-electron chi connectivity index (χ3n) is 4.86. The summed E-state index contributed by atoms with van der Waals surface area (Å²) in [6.45, 7) is 6.05. The molecule has 2 aromatic heterocycles. The van der Waals surface area contributed by atoms with E-state index in [4.69, 9.17) is 4.52 Å². The zero-order chi connectivity index (χ0) is 23.4. The van der Waals surface area contributed by atoms with Crippen molar-refractivity contribution in [1.82, 2.24) is 19.9 Å². The number of amides is 1. The van der Waals surface area contributed by atoms with Crippen LogP contribution in [0.2, 0.25) is 0 Å².